The van der Waals surface area contributed by atoms with Gasteiger partial charge in [0.2, 0.25) is 5.91 Å². The number of nitrogens with one attached hydrogen (secondary N) is 1. The van der Waals surface area contributed by atoms with Crippen LogP contribution in [0, 0.1) is 0 Å². The molecule has 1 aromatic rings. The third-order valence-electron chi connectivity index (χ3n) is 4.52. The molecule has 6 nitrogen and oxygen atoms in total. The zero-order valence-electron chi connectivity index (χ0n) is 11.3. The standard InChI is InChI=1S/C13H17BN2O4/c1-12(18)2-4-13(5-3-12)10-9(16-11(13)17)6-8(7-15-10)14(19)20/h6-7,18-20H,2-5H2,1H3,(H,16,17). The lowest BCUT2D eigenvalue weighted by Gasteiger charge is -2.38. The first kappa shape index (κ1) is 13.5. The van der Waals surface area contributed by atoms with E-state index in [1.165, 1.54) is 6.20 Å². The summed E-state index contributed by atoms with van der Waals surface area (Å²) in [4.78, 5) is 16.6. The van der Waals surface area contributed by atoms with Crippen molar-refractivity contribution in [3.8, 4) is 0 Å². The molecule has 1 spiro atoms. The molecule has 1 aliphatic carbocycles. The average molecular weight is 276 g/mol. The number of amides is 1. The van der Waals surface area contributed by atoms with Crippen LogP contribution in [0.15, 0.2) is 12.3 Å². The number of carbonyl (C=O) groups is 1. The van der Waals surface area contributed by atoms with Crippen molar-refractivity contribution in [2.24, 2.45) is 0 Å². The molecule has 0 atom stereocenters. The third-order valence-corrected chi connectivity index (χ3v) is 4.52. The molecule has 0 saturated heterocycles. The van der Waals surface area contributed by atoms with Crippen LogP contribution < -0.4 is 10.8 Å². The quantitative estimate of drug-likeness (QED) is 0.507. The first-order valence-electron chi connectivity index (χ1n) is 6.74. The predicted octanol–water partition coefficient (Wildman–Crippen LogP) is -0.724. The van der Waals surface area contributed by atoms with Gasteiger partial charge in [0.15, 0.2) is 0 Å². The Morgan fingerprint density at radius 2 is 1.95 bits per heavy atom. The Labute approximate surface area is 117 Å². The molecule has 3 rings (SSSR count). The maximum atomic E-state index is 12.3. The van der Waals surface area contributed by atoms with Crippen LogP contribution in [-0.4, -0.2) is 38.8 Å². The molecule has 1 aliphatic heterocycles. The van der Waals surface area contributed by atoms with Gasteiger partial charge in [-0.25, -0.2) is 0 Å². The monoisotopic (exact) mass is 276 g/mol. The van der Waals surface area contributed by atoms with Crippen molar-refractivity contribution in [2.45, 2.75) is 43.6 Å². The molecule has 0 unspecified atom stereocenters. The summed E-state index contributed by atoms with van der Waals surface area (Å²) in [5, 5.41) is 31.1. The Kier molecular flexibility index (Phi) is 2.90. The van der Waals surface area contributed by atoms with Gasteiger partial charge in [-0.2, -0.15) is 0 Å². The van der Waals surface area contributed by atoms with E-state index in [1.54, 1.807) is 13.0 Å². The zero-order valence-corrected chi connectivity index (χ0v) is 11.3. The summed E-state index contributed by atoms with van der Waals surface area (Å²) < 4.78 is 0. The summed E-state index contributed by atoms with van der Waals surface area (Å²) >= 11 is 0. The van der Waals surface area contributed by atoms with E-state index < -0.39 is 18.1 Å². The second-order valence-corrected chi connectivity index (χ2v) is 6.07. The zero-order chi connectivity index (χ0) is 14.5. The number of fused-ring (bicyclic) bond motifs is 2. The van der Waals surface area contributed by atoms with Gasteiger partial charge in [-0.3, -0.25) is 9.78 Å². The first-order valence-corrected chi connectivity index (χ1v) is 6.74. The average Bonchev–Trinajstić information content (AvgIpc) is 2.65. The van der Waals surface area contributed by atoms with Crippen LogP contribution in [0.25, 0.3) is 0 Å². The van der Waals surface area contributed by atoms with E-state index in [-0.39, 0.29) is 11.4 Å². The van der Waals surface area contributed by atoms with Gasteiger partial charge in [-0.15, -0.1) is 0 Å². The SMILES string of the molecule is CC1(O)CCC2(CC1)C(=O)Nc1cc(B(O)O)cnc12. The highest BCUT2D eigenvalue weighted by Gasteiger charge is 2.51. The summed E-state index contributed by atoms with van der Waals surface area (Å²) in [6.45, 7) is 1.78. The maximum Gasteiger partial charge on any atom is 0.490 e. The normalized spacial score (nSPS) is 32.1. The molecule has 1 saturated carbocycles. The minimum atomic E-state index is -1.60. The predicted molar refractivity (Wildman–Crippen MR) is 73.5 cm³/mol. The van der Waals surface area contributed by atoms with Crippen LogP contribution in [0.2, 0.25) is 0 Å². The molecule has 7 heteroatoms. The minimum Gasteiger partial charge on any atom is -0.423 e. The van der Waals surface area contributed by atoms with Crippen molar-refractivity contribution < 1.29 is 19.9 Å². The molecule has 1 aromatic heterocycles. The van der Waals surface area contributed by atoms with Crippen molar-refractivity contribution in [3.63, 3.8) is 0 Å². The van der Waals surface area contributed by atoms with E-state index >= 15 is 0 Å². The second kappa shape index (κ2) is 4.28. The van der Waals surface area contributed by atoms with E-state index in [9.17, 15) is 9.90 Å². The lowest BCUT2D eigenvalue weighted by atomic mass is 9.67. The van der Waals surface area contributed by atoms with Crippen molar-refractivity contribution in [1.82, 2.24) is 4.98 Å². The summed E-state index contributed by atoms with van der Waals surface area (Å²) in [6, 6.07) is 1.55. The van der Waals surface area contributed by atoms with Crippen LogP contribution in [0.1, 0.15) is 38.3 Å². The molecule has 2 heterocycles. The van der Waals surface area contributed by atoms with E-state index in [0.29, 0.717) is 37.1 Å². The van der Waals surface area contributed by atoms with E-state index in [0.717, 1.165) is 0 Å². The van der Waals surface area contributed by atoms with Crippen molar-refractivity contribution in [1.29, 1.82) is 0 Å². The van der Waals surface area contributed by atoms with Gasteiger partial charge in [0.05, 0.1) is 22.4 Å². The number of hydrogen-bond acceptors (Lipinski definition) is 5. The molecule has 106 valence electrons. The van der Waals surface area contributed by atoms with Crippen LogP contribution in [-0.2, 0) is 10.2 Å². The topological polar surface area (TPSA) is 103 Å². The Morgan fingerprint density at radius 1 is 1.30 bits per heavy atom. The molecule has 1 amide bonds. The Balaban J connectivity index is 1.99. The molecule has 0 bridgehead atoms. The molecule has 2 aliphatic rings. The van der Waals surface area contributed by atoms with Gasteiger partial charge in [-0.1, -0.05) is 0 Å². The van der Waals surface area contributed by atoms with Gasteiger partial charge in [-0.05, 0) is 38.7 Å². The number of anilines is 1. The summed E-state index contributed by atoms with van der Waals surface area (Å²) in [6.07, 6.45) is 3.58. The second-order valence-electron chi connectivity index (χ2n) is 6.07. The number of nitrogens with zero attached hydrogens (tertiary/aromatic N) is 1. The number of aliphatic hydroxyl groups is 1. The Bertz CT molecular complexity index is 563. The number of hydrogen-bond donors (Lipinski definition) is 4. The maximum absolute atomic E-state index is 12.3. The number of carbonyl (C=O) groups excluding carboxylic acids is 1. The Hall–Kier alpha value is -1.44. The Morgan fingerprint density at radius 3 is 2.55 bits per heavy atom. The fraction of sp³-hybridized carbons (Fsp3) is 0.538. The van der Waals surface area contributed by atoms with Crippen molar-refractivity contribution >= 4 is 24.2 Å². The fourth-order valence-electron chi connectivity index (χ4n) is 3.13. The molecular formula is C13H17BN2O4. The highest BCUT2D eigenvalue weighted by Crippen LogP contribution is 2.48. The van der Waals surface area contributed by atoms with Gasteiger partial charge in [0, 0.05) is 11.7 Å². The first-order chi connectivity index (χ1) is 9.34. The molecule has 4 N–H and O–H groups in total. The van der Waals surface area contributed by atoms with Gasteiger partial charge in [0.25, 0.3) is 0 Å². The fourth-order valence-corrected chi connectivity index (χ4v) is 3.13. The van der Waals surface area contributed by atoms with Crippen LogP contribution >= 0.6 is 0 Å². The lowest BCUT2D eigenvalue weighted by Crippen LogP contribution is -2.44. The molecule has 0 radical (unpaired) electrons. The van der Waals surface area contributed by atoms with Gasteiger partial charge in [0.1, 0.15) is 0 Å². The summed E-state index contributed by atoms with van der Waals surface area (Å²) in [5.41, 5.74) is 0.0416. The largest absolute Gasteiger partial charge is 0.490 e. The van der Waals surface area contributed by atoms with Crippen LogP contribution in [0.3, 0.4) is 0 Å². The molecule has 1 fully saturated rings. The van der Waals surface area contributed by atoms with Crippen LogP contribution in [0.4, 0.5) is 5.69 Å². The van der Waals surface area contributed by atoms with Crippen molar-refractivity contribution in [3.05, 3.63) is 18.0 Å². The number of aromatic nitrogens is 1. The number of rotatable bonds is 1. The highest BCUT2D eigenvalue weighted by atomic mass is 16.4. The molecule has 0 aromatic carbocycles. The van der Waals surface area contributed by atoms with E-state index in [1.807, 2.05) is 0 Å². The van der Waals surface area contributed by atoms with Gasteiger partial charge < -0.3 is 20.5 Å². The van der Waals surface area contributed by atoms with Crippen molar-refractivity contribution in [2.75, 3.05) is 5.32 Å². The molecule has 20 heavy (non-hydrogen) atoms. The minimum absolute atomic E-state index is 0.111. The summed E-state index contributed by atoms with van der Waals surface area (Å²) in [5.74, 6) is -0.111. The number of pyridine rings is 1. The van der Waals surface area contributed by atoms with Crippen LogP contribution in [0.5, 0.6) is 0 Å². The third kappa shape index (κ3) is 1.93. The summed E-state index contributed by atoms with van der Waals surface area (Å²) in [7, 11) is -1.60. The highest BCUT2D eigenvalue weighted by molar-refractivity contribution is 6.58. The lowest BCUT2D eigenvalue weighted by molar-refractivity contribution is -0.124. The van der Waals surface area contributed by atoms with E-state index in [2.05, 4.69) is 10.3 Å². The van der Waals surface area contributed by atoms with E-state index in [4.69, 9.17) is 10.0 Å². The smallest absolute Gasteiger partial charge is 0.423 e. The molecular weight excluding hydrogens is 259 g/mol. The van der Waals surface area contributed by atoms with Gasteiger partial charge >= 0.3 is 7.12 Å².